The van der Waals surface area contributed by atoms with Gasteiger partial charge >= 0.3 is 5.97 Å². The Bertz CT molecular complexity index is 528. The number of nitrogens with zero attached hydrogens (tertiary/aromatic N) is 2. The van der Waals surface area contributed by atoms with E-state index in [-0.39, 0.29) is 12.5 Å². The quantitative estimate of drug-likeness (QED) is 0.447. The van der Waals surface area contributed by atoms with Crippen molar-refractivity contribution in [1.82, 2.24) is 9.80 Å². The van der Waals surface area contributed by atoms with E-state index in [4.69, 9.17) is 17.0 Å². The Kier molecular flexibility index (Phi) is 5.41. The standard InChI is InChI=1S/C14H18N2O3S2/c1-3-19-12(17)9-16-13(18)11(21-14(16)20)7-6-10-5-4-8-15(10)2/h6-7H,3-5,8-9H2,1-2H3/b10-6+,11-7+. The minimum Gasteiger partial charge on any atom is -0.465 e. The molecule has 0 bridgehead atoms. The highest BCUT2D eigenvalue weighted by Gasteiger charge is 2.33. The third-order valence-corrected chi connectivity index (χ3v) is 4.71. The number of hydrogen-bond donors (Lipinski definition) is 0. The lowest BCUT2D eigenvalue weighted by atomic mass is 10.3. The number of carbonyl (C=O) groups excluding carboxylic acids is 2. The molecular weight excluding hydrogens is 308 g/mol. The first-order valence-electron chi connectivity index (χ1n) is 6.84. The lowest BCUT2D eigenvalue weighted by molar-refractivity contribution is -0.145. The van der Waals surface area contributed by atoms with Gasteiger partial charge in [0.1, 0.15) is 10.9 Å². The van der Waals surface area contributed by atoms with Crippen LogP contribution in [0.4, 0.5) is 0 Å². The molecule has 2 aliphatic rings. The molecule has 0 aromatic carbocycles. The van der Waals surface area contributed by atoms with Gasteiger partial charge in [-0.2, -0.15) is 0 Å². The Morgan fingerprint density at radius 2 is 2.24 bits per heavy atom. The van der Waals surface area contributed by atoms with Crippen LogP contribution in [0.2, 0.25) is 0 Å². The van der Waals surface area contributed by atoms with E-state index in [0.29, 0.717) is 15.8 Å². The summed E-state index contributed by atoms with van der Waals surface area (Å²) in [5.74, 6) is -0.667. The van der Waals surface area contributed by atoms with Crippen molar-refractivity contribution in [2.75, 3.05) is 26.7 Å². The van der Waals surface area contributed by atoms with E-state index in [0.717, 1.165) is 19.4 Å². The van der Waals surface area contributed by atoms with Crippen LogP contribution in [-0.2, 0) is 14.3 Å². The van der Waals surface area contributed by atoms with Crippen molar-refractivity contribution in [3.05, 3.63) is 22.8 Å². The van der Waals surface area contributed by atoms with Crippen molar-refractivity contribution >= 4 is 40.2 Å². The van der Waals surface area contributed by atoms with Gasteiger partial charge < -0.3 is 9.64 Å². The lowest BCUT2D eigenvalue weighted by Gasteiger charge is -2.12. The molecule has 2 heterocycles. The molecule has 0 unspecified atom stereocenters. The number of esters is 1. The third-order valence-electron chi connectivity index (χ3n) is 3.31. The molecule has 0 aromatic rings. The molecule has 0 radical (unpaired) electrons. The van der Waals surface area contributed by atoms with E-state index in [9.17, 15) is 9.59 Å². The average Bonchev–Trinajstić information content (AvgIpc) is 2.95. The summed E-state index contributed by atoms with van der Waals surface area (Å²) in [4.78, 5) is 27.7. The number of amides is 1. The maximum atomic E-state index is 12.2. The molecule has 7 heteroatoms. The van der Waals surface area contributed by atoms with E-state index in [1.54, 1.807) is 13.0 Å². The van der Waals surface area contributed by atoms with Crippen LogP contribution >= 0.6 is 24.0 Å². The Morgan fingerprint density at radius 3 is 2.86 bits per heavy atom. The van der Waals surface area contributed by atoms with Crippen molar-refractivity contribution in [2.24, 2.45) is 0 Å². The molecule has 0 saturated carbocycles. The first kappa shape index (κ1) is 16.0. The Labute approximate surface area is 134 Å². The molecule has 0 spiro atoms. The molecule has 0 aliphatic carbocycles. The number of allylic oxidation sites excluding steroid dienone is 3. The van der Waals surface area contributed by atoms with Gasteiger partial charge in [-0.05, 0) is 31.9 Å². The molecule has 114 valence electrons. The van der Waals surface area contributed by atoms with Crippen molar-refractivity contribution in [2.45, 2.75) is 19.8 Å². The van der Waals surface area contributed by atoms with E-state index >= 15 is 0 Å². The first-order chi connectivity index (χ1) is 10.0. The summed E-state index contributed by atoms with van der Waals surface area (Å²) in [5, 5.41) is 0. The number of rotatable bonds is 4. The molecule has 2 fully saturated rings. The summed E-state index contributed by atoms with van der Waals surface area (Å²) in [6.07, 6.45) is 5.92. The minimum absolute atomic E-state index is 0.119. The van der Waals surface area contributed by atoms with Crippen molar-refractivity contribution in [3.63, 3.8) is 0 Å². The van der Waals surface area contributed by atoms with Crippen molar-refractivity contribution in [1.29, 1.82) is 0 Å². The van der Waals surface area contributed by atoms with E-state index in [1.807, 2.05) is 13.1 Å². The number of thioether (sulfide) groups is 1. The van der Waals surface area contributed by atoms with Gasteiger partial charge in [-0.1, -0.05) is 24.0 Å². The van der Waals surface area contributed by atoms with Gasteiger partial charge in [-0.25, -0.2) is 0 Å². The van der Waals surface area contributed by atoms with Gasteiger partial charge in [0.2, 0.25) is 0 Å². The van der Waals surface area contributed by atoms with Gasteiger partial charge in [0.15, 0.2) is 0 Å². The molecule has 5 nitrogen and oxygen atoms in total. The second-order valence-corrected chi connectivity index (χ2v) is 6.45. The van der Waals surface area contributed by atoms with Gasteiger partial charge in [-0.3, -0.25) is 14.5 Å². The Morgan fingerprint density at radius 1 is 1.48 bits per heavy atom. The van der Waals surface area contributed by atoms with Crippen LogP contribution in [0, 0.1) is 0 Å². The van der Waals surface area contributed by atoms with Crippen LogP contribution in [-0.4, -0.2) is 52.7 Å². The van der Waals surface area contributed by atoms with Crippen molar-refractivity contribution < 1.29 is 14.3 Å². The molecule has 0 N–H and O–H groups in total. The summed E-state index contributed by atoms with van der Waals surface area (Å²) in [5.41, 5.74) is 1.21. The maximum absolute atomic E-state index is 12.2. The monoisotopic (exact) mass is 326 g/mol. The van der Waals surface area contributed by atoms with E-state index in [2.05, 4.69) is 4.90 Å². The first-order valence-corrected chi connectivity index (χ1v) is 8.06. The minimum atomic E-state index is -0.441. The second kappa shape index (κ2) is 7.09. The number of thiocarbonyl (C=S) groups is 1. The third kappa shape index (κ3) is 3.85. The lowest BCUT2D eigenvalue weighted by Crippen LogP contribution is -2.34. The zero-order chi connectivity index (χ0) is 15.4. The molecule has 1 amide bonds. The van der Waals surface area contributed by atoms with E-state index in [1.165, 1.54) is 22.4 Å². The molecule has 2 aliphatic heterocycles. The summed E-state index contributed by atoms with van der Waals surface area (Å²) < 4.78 is 5.25. The van der Waals surface area contributed by atoms with Crippen LogP contribution < -0.4 is 0 Å². The summed E-state index contributed by atoms with van der Waals surface area (Å²) in [7, 11) is 2.04. The van der Waals surface area contributed by atoms with Crippen LogP contribution in [0.3, 0.4) is 0 Å². The maximum Gasteiger partial charge on any atom is 0.326 e. The molecule has 2 rings (SSSR count). The fourth-order valence-electron chi connectivity index (χ4n) is 2.20. The van der Waals surface area contributed by atoms with Crippen LogP contribution in [0.5, 0.6) is 0 Å². The second-order valence-electron chi connectivity index (χ2n) is 4.78. The van der Waals surface area contributed by atoms with Crippen LogP contribution in [0.1, 0.15) is 19.8 Å². The summed E-state index contributed by atoms with van der Waals surface area (Å²) in [6, 6.07) is 0. The van der Waals surface area contributed by atoms with Gasteiger partial charge in [0.05, 0.1) is 11.5 Å². The topological polar surface area (TPSA) is 49.9 Å². The smallest absolute Gasteiger partial charge is 0.326 e. The number of ether oxygens (including phenoxy) is 1. The Hall–Kier alpha value is -1.34. The highest BCUT2D eigenvalue weighted by molar-refractivity contribution is 8.26. The highest BCUT2D eigenvalue weighted by atomic mass is 32.2. The molecule has 21 heavy (non-hydrogen) atoms. The van der Waals surface area contributed by atoms with Gasteiger partial charge in [-0.15, -0.1) is 0 Å². The van der Waals surface area contributed by atoms with Gasteiger partial charge in [0.25, 0.3) is 5.91 Å². The largest absolute Gasteiger partial charge is 0.465 e. The Balaban J connectivity index is 2.05. The van der Waals surface area contributed by atoms with Gasteiger partial charge in [0, 0.05) is 19.3 Å². The summed E-state index contributed by atoms with van der Waals surface area (Å²) in [6.45, 7) is 2.95. The zero-order valence-electron chi connectivity index (χ0n) is 12.1. The summed E-state index contributed by atoms with van der Waals surface area (Å²) >= 11 is 6.38. The predicted octanol–water partition coefficient (Wildman–Crippen LogP) is 1.90. The SMILES string of the molecule is CCOC(=O)CN1C(=O)/C(=C\C=C2/CCCN2C)SC1=S. The fraction of sp³-hybridized carbons (Fsp3) is 0.500. The molecule has 0 aromatic heterocycles. The zero-order valence-corrected chi connectivity index (χ0v) is 13.8. The van der Waals surface area contributed by atoms with Crippen LogP contribution in [0.25, 0.3) is 0 Å². The average molecular weight is 326 g/mol. The van der Waals surface area contributed by atoms with Crippen LogP contribution in [0.15, 0.2) is 22.8 Å². The highest BCUT2D eigenvalue weighted by Crippen LogP contribution is 2.31. The molecule has 2 saturated heterocycles. The fourth-order valence-corrected chi connectivity index (χ4v) is 3.40. The van der Waals surface area contributed by atoms with Crippen molar-refractivity contribution in [3.8, 4) is 0 Å². The van der Waals surface area contributed by atoms with E-state index < -0.39 is 5.97 Å². The molecule has 0 atom stereocenters. The normalized spacial score (nSPS) is 22.8. The predicted molar refractivity (Wildman–Crippen MR) is 86.6 cm³/mol. The molecular formula is C14H18N2O3S2. The number of carbonyl (C=O) groups is 2. The number of likely N-dealkylation sites (tertiary alicyclic amines) is 1. The number of hydrogen-bond acceptors (Lipinski definition) is 6.